The number of carbonyl (C=O) groups is 1. The summed E-state index contributed by atoms with van der Waals surface area (Å²) in [6.07, 6.45) is 0. The van der Waals surface area contributed by atoms with Crippen molar-refractivity contribution in [3.8, 4) is 0 Å². The lowest BCUT2D eigenvalue weighted by Crippen LogP contribution is -2.33. The highest BCUT2D eigenvalue weighted by molar-refractivity contribution is 7.98. The summed E-state index contributed by atoms with van der Waals surface area (Å²) < 4.78 is 15.1. The zero-order valence-electron chi connectivity index (χ0n) is 17.4. The molecule has 1 amide bonds. The molecule has 0 saturated heterocycles. The van der Waals surface area contributed by atoms with E-state index >= 15 is 0 Å². The lowest BCUT2D eigenvalue weighted by molar-refractivity contribution is 0.0922. The van der Waals surface area contributed by atoms with Crippen molar-refractivity contribution in [2.45, 2.75) is 44.3 Å². The molecule has 1 heterocycles. The Morgan fingerprint density at radius 2 is 1.84 bits per heavy atom. The quantitative estimate of drug-likeness (QED) is 0.392. The van der Waals surface area contributed by atoms with E-state index in [1.54, 1.807) is 30.3 Å². The van der Waals surface area contributed by atoms with E-state index in [-0.39, 0.29) is 23.7 Å². The summed E-state index contributed by atoms with van der Waals surface area (Å²) in [6, 6.07) is 10.8. The molecule has 0 unspecified atom stereocenters. The molecular weight excluding hydrogens is 458 g/mol. The van der Waals surface area contributed by atoms with Gasteiger partial charge >= 0.3 is 0 Å². The van der Waals surface area contributed by atoms with E-state index in [4.69, 9.17) is 23.2 Å². The van der Waals surface area contributed by atoms with Gasteiger partial charge in [-0.25, -0.2) is 4.39 Å². The lowest BCUT2D eigenvalue weighted by atomic mass is 10.0. The molecule has 0 radical (unpaired) electrons. The molecular formula is C22H23Cl2FN4OS. The molecule has 0 aliphatic heterocycles. The number of thioether (sulfide) groups is 1. The van der Waals surface area contributed by atoms with E-state index in [1.807, 2.05) is 25.3 Å². The third-order valence-electron chi connectivity index (χ3n) is 4.76. The SMILES string of the molecule is CCn1c(SCc2ccc(F)cc2)nnc1[C@H](NC(=O)c1ccc(Cl)c(Cl)c1)C(C)C. The average molecular weight is 481 g/mol. The lowest BCUT2D eigenvalue weighted by Gasteiger charge is -2.22. The van der Waals surface area contributed by atoms with Crippen molar-refractivity contribution in [3.05, 3.63) is 75.3 Å². The topological polar surface area (TPSA) is 59.8 Å². The Balaban J connectivity index is 1.79. The normalized spacial score (nSPS) is 12.2. The molecule has 1 atom stereocenters. The number of rotatable bonds is 8. The van der Waals surface area contributed by atoms with Crippen LogP contribution in [0.15, 0.2) is 47.6 Å². The number of benzene rings is 2. The number of hydrogen-bond acceptors (Lipinski definition) is 4. The number of halogens is 3. The Kier molecular flexibility index (Phi) is 7.97. The standard InChI is InChI=1S/C22H23Cl2FN4OS/c1-4-29-20(27-28-22(29)31-12-14-5-8-16(25)9-6-14)19(13(2)3)26-21(30)15-7-10-17(23)18(24)11-15/h5-11,13,19H,4,12H2,1-3H3,(H,26,30)/t19-/m1/s1. The average Bonchev–Trinajstić information content (AvgIpc) is 3.15. The maximum Gasteiger partial charge on any atom is 0.251 e. The van der Waals surface area contributed by atoms with E-state index < -0.39 is 0 Å². The number of hydrogen-bond donors (Lipinski definition) is 1. The smallest absolute Gasteiger partial charge is 0.251 e. The van der Waals surface area contributed by atoms with Crippen molar-refractivity contribution in [1.82, 2.24) is 20.1 Å². The molecule has 0 fully saturated rings. The molecule has 9 heteroatoms. The van der Waals surface area contributed by atoms with Crippen molar-refractivity contribution in [2.75, 3.05) is 0 Å². The third-order valence-corrected chi connectivity index (χ3v) is 6.53. The maximum absolute atomic E-state index is 13.1. The van der Waals surface area contributed by atoms with Crippen LogP contribution in [0.25, 0.3) is 0 Å². The Morgan fingerprint density at radius 3 is 2.45 bits per heavy atom. The molecule has 2 aromatic carbocycles. The van der Waals surface area contributed by atoms with Gasteiger partial charge in [-0.15, -0.1) is 10.2 Å². The fourth-order valence-electron chi connectivity index (χ4n) is 3.05. The molecule has 1 N–H and O–H groups in total. The monoisotopic (exact) mass is 480 g/mol. The summed E-state index contributed by atoms with van der Waals surface area (Å²) in [5, 5.41) is 13.2. The van der Waals surface area contributed by atoms with E-state index in [0.29, 0.717) is 33.7 Å². The van der Waals surface area contributed by atoms with Crippen LogP contribution >= 0.6 is 35.0 Å². The molecule has 5 nitrogen and oxygen atoms in total. The first-order chi connectivity index (χ1) is 14.8. The Labute approximate surface area is 195 Å². The minimum absolute atomic E-state index is 0.0798. The van der Waals surface area contributed by atoms with Gasteiger partial charge in [-0.3, -0.25) is 4.79 Å². The molecule has 3 rings (SSSR count). The zero-order chi connectivity index (χ0) is 22.5. The predicted octanol–water partition coefficient (Wildman–Crippen LogP) is 6.16. The van der Waals surface area contributed by atoms with Crippen LogP contribution < -0.4 is 5.32 Å². The molecule has 0 saturated carbocycles. The molecule has 3 aromatic rings. The molecule has 0 bridgehead atoms. The van der Waals surface area contributed by atoms with Gasteiger partial charge in [-0.2, -0.15) is 0 Å². The third kappa shape index (κ3) is 5.79. The summed E-state index contributed by atoms with van der Waals surface area (Å²) in [5.41, 5.74) is 1.42. The molecule has 164 valence electrons. The number of nitrogens with one attached hydrogen (secondary N) is 1. The maximum atomic E-state index is 13.1. The largest absolute Gasteiger partial charge is 0.342 e. The van der Waals surface area contributed by atoms with E-state index in [0.717, 1.165) is 10.7 Å². The minimum Gasteiger partial charge on any atom is -0.342 e. The Bertz CT molecular complexity index is 1060. The summed E-state index contributed by atoms with van der Waals surface area (Å²) in [7, 11) is 0. The minimum atomic E-state index is -0.338. The second-order valence-electron chi connectivity index (χ2n) is 7.32. The van der Waals surface area contributed by atoms with Gasteiger partial charge in [0.2, 0.25) is 0 Å². The van der Waals surface area contributed by atoms with E-state index in [2.05, 4.69) is 15.5 Å². The molecule has 0 spiro atoms. The second kappa shape index (κ2) is 10.5. The first-order valence-electron chi connectivity index (χ1n) is 9.86. The highest BCUT2D eigenvalue weighted by Crippen LogP contribution is 2.28. The van der Waals surface area contributed by atoms with Crippen LogP contribution in [-0.4, -0.2) is 20.7 Å². The molecule has 0 aliphatic rings. The van der Waals surface area contributed by atoms with Gasteiger partial charge in [0.25, 0.3) is 5.91 Å². The van der Waals surface area contributed by atoms with Crippen LogP contribution in [0.5, 0.6) is 0 Å². The molecule has 31 heavy (non-hydrogen) atoms. The molecule has 1 aromatic heterocycles. The number of nitrogens with zero attached hydrogens (tertiary/aromatic N) is 3. The van der Waals surface area contributed by atoms with Gasteiger partial charge in [0.05, 0.1) is 16.1 Å². The van der Waals surface area contributed by atoms with E-state index in [9.17, 15) is 9.18 Å². The van der Waals surface area contributed by atoms with Crippen molar-refractivity contribution in [2.24, 2.45) is 5.92 Å². The van der Waals surface area contributed by atoms with Gasteiger partial charge < -0.3 is 9.88 Å². The second-order valence-corrected chi connectivity index (χ2v) is 9.08. The fourth-order valence-corrected chi connectivity index (χ4v) is 4.32. The summed E-state index contributed by atoms with van der Waals surface area (Å²) >= 11 is 13.5. The van der Waals surface area contributed by atoms with Crippen LogP contribution in [0.3, 0.4) is 0 Å². The molecule has 0 aliphatic carbocycles. The van der Waals surface area contributed by atoms with Gasteiger partial charge in [0.1, 0.15) is 5.82 Å². The van der Waals surface area contributed by atoms with Crippen molar-refractivity contribution >= 4 is 40.9 Å². The van der Waals surface area contributed by atoms with Gasteiger partial charge in [0.15, 0.2) is 11.0 Å². The summed E-state index contributed by atoms with van der Waals surface area (Å²) in [6.45, 7) is 6.69. The van der Waals surface area contributed by atoms with Gasteiger partial charge in [0, 0.05) is 17.9 Å². The van der Waals surface area contributed by atoms with Crippen molar-refractivity contribution in [1.29, 1.82) is 0 Å². The number of aromatic nitrogens is 3. The van der Waals surface area contributed by atoms with Gasteiger partial charge in [-0.05, 0) is 48.7 Å². The van der Waals surface area contributed by atoms with Crippen molar-refractivity contribution < 1.29 is 9.18 Å². The highest BCUT2D eigenvalue weighted by Gasteiger charge is 2.26. The van der Waals surface area contributed by atoms with Crippen LogP contribution in [-0.2, 0) is 12.3 Å². The van der Waals surface area contributed by atoms with E-state index in [1.165, 1.54) is 23.9 Å². The summed E-state index contributed by atoms with van der Waals surface area (Å²) in [5.74, 6) is 0.887. The first kappa shape index (κ1) is 23.6. The number of carbonyl (C=O) groups excluding carboxylic acids is 1. The zero-order valence-corrected chi connectivity index (χ0v) is 19.7. The first-order valence-corrected chi connectivity index (χ1v) is 11.6. The Morgan fingerprint density at radius 1 is 1.13 bits per heavy atom. The van der Waals surface area contributed by atoms with Crippen LogP contribution in [0, 0.1) is 11.7 Å². The van der Waals surface area contributed by atoms with Gasteiger partial charge in [-0.1, -0.05) is 60.9 Å². The number of amides is 1. The van der Waals surface area contributed by atoms with Crippen LogP contribution in [0.2, 0.25) is 10.0 Å². The highest BCUT2D eigenvalue weighted by atomic mass is 35.5. The predicted molar refractivity (Wildman–Crippen MR) is 123 cm³/mol. The van der Waals surface area contributed by atoms with Crippen LogP contribution in [0.1, 0.15) is 48.6 Å². The van der Waals surface area contributed by atoms with Crippen molar-refractivity contribution in [3.63, 3.8) is 0 Å². The fraction of sp³-hybridized carbons (Fsp3) is 0.318. The Hall–Kier alpha value is -2.09. The summed E-state index contributed by atoms with van der Waals surface area (Å²) in [4.78, 5) is 12.8. The van der Waals surface area contributed by atoms with Crippen LogP contribution in [0.4, 0.5) is 4.39 Å².